The van der Waals surface area contributed by atoms with E-state index in [0.717, 1.165) is 45.3 Å². The van der Waals surface area contributed by atoms with Gasteiger partial charge in [0.15, 0.2) is 5.69 Å². The van der Waals surface area contributed by atoms with Crippen LogP contribution in [0.3, 0.4) is 0 Å². The zero-order chi connectivity index (χ0) is 18.9. The van der Waals surface area contributed by atoms with Crippen molar-refractivity contribution >= 4 is 11.9 Å². The number of piperidine rings is 2. The highest BCUT2D eigenvalue weighted by molar-refractivity contribution is 5.86. The topological polar surface area (TPSA) is 75.9 Å². The van der Waals surface area contributed by atoms with Gasteiger partial charge in [0.05, 0.1) is 13.7 Å². The molecule has 0 unspecified atom stereocenters. The molecule has 1 amide bonds. The van der Waals surface area contributed by atoms with E-state index in [4.69, 9.17) is 4.42 Å². The van der Waals surface area contributed by atoms with Crippen LogP contribution in [0.1, 0.15) is 67.7 Å². The van der Waals surface area contributed by atoms with Crippen molar-refractivity contribution in [2.75, 3.05) is 26.7 Å². The van der Waals surface area contributed by atoms with Crippen molar-refractivity contribution in [1.29, 1.82) is 0 Å². The molecule has 1 aromatic rings. The van der Waals surface area contributed by atoms with Crippen molar-refractivity contribution < 1.29 is 18.7 Å². The standard InChI is InChI=1S/C20H29N3O4/c1-26-19(25)16-12-27-17(21-16)11-22-10-4-8-20(13-22)9-7-18(24)23(14-20)15-5-2-3-6-15/h12,15H,2-11,13-14H2,1H3/t20-/m0/s1. The monoisotopic (exact) mass is 375 g/mol. The number of likely N-dealkylation sites (tertiary alicyclic amines) is 2. The fourth-order valence-electron chi connectivity index (χ4n) is 5.14. The summed E-state index contributed by atoms with van der Waals surface area (Å²) in [6.07, 6.45) is 10.1. The average molecular weight is 375 g/mol. The largest absolute Gasteiger partial charge is 0.464 e. The number of amides is 1. The second kappa shape index (κ2) is 7.62. The van der Waals surface area contributed by atoms with Crippen LogP contribution in [0, 0.1) is 5.41 Å². The number of rotatable bonds is 4. The summed E-state index contributed by atoms with van der Waals surface area (Å²) in [6, 6.07) is 0.458. The van der Waals surface area contributed by atoms with Crippen LogP contribution in [-0.2, 0) is 16.1 Å². The minimum Gasteiger partial charge on any atom is -0.464 e. The molecule has 1 spiro atoms. The Morgan fingerprint density at radius 1 is 1.30 bits per heavy atom. The van der Waals surface area contributed by atoms with Gasteiger partial charge in [-0.2, -0.15) is 0 Å². The molecule has 0 radical (unpaired) electrons. The third kappa shape index (κ3) is 3.88. The van der Waals surface area contributed by atoms with Crippen molar-refractivity contribution in [2.45, 2.75) is 64.0 Å². The lowest BCUT2D eigenvalue weighted by atomic mass is 9.73. The van der Waals surface area contributed by atoms with E-state index < -0.39 is 5.97 Å². The second-order valence-electron chi connectivity index (χ2n) is 8.39. The molecule has 148 valence electrons. The van der Waals surface area contributed by atoms with Crippen LogP contribution in [0.15, 0.2) is 10.7 Å². The molecule has 4 rings (SSSR count). The number of esters is 1. The Bertz CT molecular complexity index is 697. The molecule has 1 atom stereocenters. The van der Waals surface area contributed by atoms with Crippen molar-refractivity contribution in [1.82, 2.24) is 14.8 Å². The molecule has 1 saturated carbocycles. The van der Waals surface area contributed by atoms with E-state index in [1.54, 1.807) is 0 Å². The molecular formula is C20H29N3O4. The molecule has 3 aliphatic rings. The van der Waals surface area contributed by atoms with Gasteiger partial charge in [-0.1, -0.05) is 12.8 Å². The third-order valence-corrected chi connectivity index (χ3v) is 6.51. The van der Waals surface area contributed by atoms with Gasteiger partial charge >= 0.3 is 5.97 Å². The Morgan fingerprint density at radius 2 is 2.11 bits per heavy atom. The molecule has 2 saturated heterocycles. The number of ether oxygens (including phenoxy) is 1. The Hall–Kier alpha value is -1.89. The van der Waals surface area contributed by atoms with E-state index in [2.05, 4.69) is 19.5 Å². The highest BCUT2D eigenvalue weighted by atomic mass is 16.5. The Kier molecular flexibility index (Phi) is 5.21. The molecule has 0 N–H and O–H groups in total. The molecule has 0 aromatic carbocycles. The van der Waals surface area contributed by atoms with Gasteiger partial charge in [0.25, 0.3) is 0 Å². The fourth-order valence-corrected chi connectivity index (χ4v) is 5.14. The molecule has 3 heterocycles. The van der Waals surface area contributed by atoms with Gasteiger partial charge in [0.1, 0.15) is 6.26 Å². The number of carbonyl (C=O) groups excluding carboxylic acids is 2. The average Bonchev–Trinajstić information content (AvgIpc) is 3.36. The number of aromatic nitrogens is 1. The summed E-state index contributed by atoms with van der Waals surface area (Å²) in [5.74, 6) is 0.421. The summed E-state index contributed by atoms with van der Waals surface area (Å²) >= 11 is 0. The maximum atomic E-state index is 12.5. The van der Waals surface area contributed by atoms with Crippen LogP contribution < -0.4 is 0 Å². The summed E-state index contributed by atoms with van der Waals surface area (Å²) in [5, 5.41) is 0. The Labute approximate surface area is 160 Å². The van der Waals surface area contributed by atoms with E-state index in [0.29, 0.717) is 30.8 Å². The van der Waals surface area contributed by atoms with Crippen LogP contribution in [0.4, 0.5) is 0 Å². The quantitative estimate of drug-likeness (QED) is 0.753. The van der Waals surface area contributed by atoms with Gasteiger partial charge in [-0.15, -0.1) is 0 Å². The van der Waals surface area contributed by atoms with Gasteiger partial charge in [-0.25, -0.2) is 9.78 Å². The van der Waals surface area contributed by atoms with Crippen LogP contribution in [0.5, 0.6) is 0 Å². The molecule has 1 aromatic heterocycles. The molecule has 1 aliphatic carbocycles. The first-order valence-electron chi connectivity index (χ1n) is 10.1. The second-order valence-corrected chi connectivity index (χ2v) is 8.39. The number of oxazole rings is 1. The number of hydrogen-bond acceptors (Lipinski definition) is 6. The van der Waals surface area contributed by atoms with Crippen molar-refractivity contribution in [3.63, 3.8) is 0 Å². The van der Waals surface area contributed by atoms with Gasteiger partial charge in [0.2, 0.25) is 11.8 Å². The summed E-state index contributed by atoms with van der Waals surface area (Å²) in [4.78, 5) is 32.9. The fraction of sp³-hybridized carbons (Fsp3) is 0.750. The lowest BCUT2D eigenvalue weighted by molar-refractivity contribution is -0.142. The summed E-state index contributed by atoms with van der Waals surface area (Å²) < 4.78 is 10.2. The molecule has 3 fully saturated rings. The van der Waals surface area contributed by atoms with Gasteiger partial charge in [-0.05, 0) is 38.6 Å². The van der Waals surface area contributed by atoms with Crippen LogP contribution in [0.2, 0.25) is 0 Å². The van der Waals surface area contributed by atoms with Crippen LogP contribution >= 0.6 is 0 Å². The van der Waals surface area contributed by atoms with Gasteiger partial charge < -0.3 is 14.1 Å². The maximum absolute atomic E-state index is 12.5. The third-order valence-electron chi connectivity index (χ3n) is 6.51. The normalized spacial score (nSPS) is 27.4. The Morgan fingerprint density at radius 3 is 2.89 bits per heavy atom. The minimum absolute atomic E-state index is 0.187. The first kappa shape index (κ1) is 18.5. The lowest BCUT2D eigenvalue weighted by Gasteiger charge is -2.49. The SMILES string of the molecule is COC(=O)c1coc(CN2CCC[C@]3(CCC(=O)N(C4CCCC4)C3)C2)n1. The van der Waals surface area contributed by atoms with Crippen molar-refractivity contribution in [3.8, 4) is 0 Å². The van der Waals surface area contributed by atoms with E-state index in [1.807, 2.05) is 0 Å². The maximum Gasteiger partial charge on any atom is 0.360 e. The summed E-state index contributed by atoms with van der Waals surface area (Å²) in [7, 11) is 1.34. The number of carbonyl (C=O) groups is 2. The zero-order valence-corrected chi connectivity index (χ0v) is 16.1. The van der Waals surface area contributed by atoms with Crippen LogP contribution in [0.25, 0.3) is 0 Å². The lowest BCUT2D eigenvalue weighted by Crippen LogP contribution is -2.55. The van der Waals surface area contributed by atoms with Crippen molar-refractivity contribution in [2.24, 2.45) is 5.41 Å². The van der Waals surface area contributed by atoms with Gasteiger partial charge in [0, 0.05) is 31.0 Å². The van der Waals surface area contributed by atoms with Crippen LogP contribution in [-0.4, -0.2) is 59.4 Å². The number of hydrogen-bond donors (Lipinski definition) is 0. The summed E-state index contributed by atoms with van der Waals surface area (Å²) in [5.41, 5.74) is 0.405. The first-order chi connectivity index (χ1) is 13.1. The van der Waals surface area contributed by atoms with E-state index >= 15 is 0 Å². The molecule has 7 nitrogen and oxygen atoms in total. The molecule has 7 heteroatoms. The van der Waals surface area contributed by atoms with E-state index in [9.17, 15) is 9.59 Å². The molecule has 27 heavy (non-hydrogen) atoms. The molecule has 2 aliphatic heterocycles. The van der Waals surface area contributed by atoms with Gasteiger partial charge in [-0.3, -0.25) is 9.69 Å². The zero-order valence-electron chi connectivity index (χ0n) is 16.1. The highest BCUT2D eigenvalue weighted by Gasteiger charge is 2.43. The smallest absolute Gasteiger partial charge is 0.360 e. The predicted molar refractivity (Wildman–Crippen MR) is 98.0 cm³/mol. The predicted octanol–water partition coefficient (Wildman–Crippen LogP) is 2.61. The van der Waals surface area contributed by atoms with E-state index in [1.165, 1.54) is 32.6 Å². The van der Waals surface area contributed by atoms with E-state index in [-0.39, 0.29) is 11.1 Å². The first-order valence-corrected chi connectivity index (χ1v) is 10.1. The minimum atomic E-state index is -0.474. The number of methoxy groups -OCH3 is 1. The summed E-state index contributed by atoms with van der Waals surface area (Å²) in [6.45, 7) is 3.44. The van der Waals surface area contributed by atoms with Crippen molar-refractivity contribution in [3.05, 3.63) is 17.8 Å². The Balaban J connectivity index is 1.41. The molecular weight excluding hydrogens is 346 g/mol. The highest BCUT2D eigenvalue weighted by Crippen LogP contribution is 2.41. The molecule has 0 bridgehead atoms. The number of nitrogens with zero attached hydrogens (tertiary/aromatic N) is 3.